The van der Waals surface area contributed by atoms with Gasteiger partial charge in [-0.1, -0.05) is 37.1 Å². The fourth-order valence-corrected chi connectivity index (χ4v) is 10.1. The van der Waals surface area contributed by atoms with Gasteiger partial charge in [0.2, 0.25) is 20.0 Å². The summed E-state index contributed by atoms with van der Waals surface area (Å²) in [6.07, 6.45) is -5.03. The SMILES string of the molecule is CC(C)(C)OC(=O)COc1cccc2c1CCCCC2NS(=O)(=O)c1cc(F)cc(C(F)(F)F)c1.COc1cc(C(F)(F)F)cc(S(=O)(=O)NC2CCCCc3c(OCC(=O)O)cccc32)c1. The molecule has 4 aromatic rings. The van der Waals surface area contributed by atoms with Crippen LogP contribution in [-0.2, 0) is 59.6 Å². The highest BCUT2D eigenvalue weighted by atomic mass is 32.2. The summed E-state index contributed by atoms with van der Waals surface area (Å²) in [5.74, 6) is -2.51. The van der Waals surface area contributed by atoms with Crippen molar-refractivity contribution in [2.24, 2.45) is 0 Å². The first-order chi connectivity index (χ1) is 31.2. The van der Waals surface area contributed by atoms with Crippen LogP contribution in [0.5, 0.6) is 17.2 Å². The molecule has 2 unspecified atom stereocenters. The Morgan fingerprint density at radius 2 is 1.13 bits per heavy atom. The molecule has 67 heavy (non-hydrogen) atoms. The molecule has 0 fully saturated rings. The summed E-state index contributed by atoms with van der Waals surface area (Å²) in [6, 6.07) is 11.9. The van der Waals surface area contributed by atoms with E-state index in [0.29, 0.717) is 96.9 Å². The molecule has 366 valence electrons. The number of halogens is 7. The van der Waals surface area contributed by atoms with Crippen LogP contribution < -0.4 is 23.7 Å². The number of ether oxygens (including phenoxy) is 4. The number of rotatable bonds is 13. The third kappa shape index (κ3) is 14.5. The molecular weight excluding hydrogens is 942 g/mol. The van der Waals surface area contributed by atoms with E-state index >= 15 is 0 Å². The molecule has 0 radical (unpaired) electrons. The average molecular weight is 991 g/mol. The van der Waals surface area contributed by atoms with E-state index in [1.165, 1.54) is 0 Å². The van der Waals surface area contributed by atoms with Gasteiger partial charge in [0.25, 0.3) is 0 Å². The van der Waals surface area contributed by atoms with Crippen LogP contribution in [-0.4, -0.2) is 59.8 Å². The second-order valence-electron chi connectivity index (χ2n) is 16.6. The number of aliphatic carboxylic acids is 1. The zero-order chi connectivity index (χ0) is 49.5. The Balaban J connectivity index is 0.000000252. The molecule has 0 amide bonds. The van der Waals surface area contributed by atoms with Gasteiger partial charge in [-0.2, -0.15) is 26.3 Å². The summed E-state index contributed by atoms with van der Waals surface area (Å²) >= 11 is 0. The van der Waals surface area contributed by atoms with Gasteiger partial charge in [-0.25, -0.2) is 40.3 Å². The van der Waals surface area contributed by atoms with Gasteiger partial charge in [0, 0.05) is 18.2 Å². The van der Waals surface area contributed by atoms with Crippen LogP contribution in [0.25, 0.3) is 0 Å². The first-order valence-electron chi connectivity index (χ1n) is 20.8. The molecule has 0 aliphatic heterocycles. The predicted molar refractivity (Wildman–Crippen MR) is 228 cm³/mol. The van der Waals surface area contributed by atoms with Gasteiger partial charge in [0.1, 0.15) is 28.7 Å². The number of carbonyl (C=O) groups is 2. The molecule has 6 rings (SSSR count). The summed E-state index contributed by atoms with van der Waals surface area (Å²) in [6.45, 7) is 4.30. The molecule has 0 aromatic heterocycles. The number of fused-ring (bicyclic) bond motifs is 2. The molecule has 0 bridgehead atoms. The number of carbonyl (C=O) groups excluding carboxylic acids is 1. The van der Waals surface area contributed by atoms with Crippen LogP contribution in [0.15, 0.2) is 82.6 Å². The number of esters is 1. The van der Waals surface area contributed by atoms with Gasteiger partial charge in [0.05, 0.1) is 28.0 Å². The highest BCUT2D eigenvalue weighted by Gasteiger charge is 2.36. The van der Waals surface area contributed by atoms with Crippen molar-refractivity contribution >= 4 is 32.0 Å². The molecule has 0 spiro atoms. The van der Waals surface area contributed by atoms with Crippen LogP contribution in [0.2, 0.25) is 0 Å². The molecular formula is C45H49F7N2O11S2. The fraction of sp³-hybridized carbons (Fsp3) is 0.422. The molecule has 0 heterocycles. The molecule has 2 aliphatic rings. The van der Waals surface area contributed by atoms with Crippen molar-refractivity contribution in [1.82, 2.24) is 9.44 Å². The van der Waals surface area contributed by atoms with Gasteiger partial charge < -0.3 is 24.1 Å². The second kappa shape index (κ2) is 21.2. The average Bonchev–Trinajstić information content (AvgIpc) is 3.56. The lowest BCUT2D eigenvalue weighted by Crippen LogP contribution is -2.29. The number of carboxylic acids is 1. The Morgan fingerprint density at radius 1 is 0.672 bits per heavy atom. The first-order valence-corrected chi connectivity index (χ1v) is 23.7. The van der Waals surface area contributed by atoms with E-state index in [4.69, 9.17) is 24.1 Å². The lowest BCUT2D eigenvalue weighted by molar-refractivity contribution is -0.157. The number of hydrogen-bond acceptors (Lipinski definition) is 10. The van der Waals surface area contributed by atoms with E-state index in [0.717, 1.165) is 25.7 Å². The molecule has 0 saturated carbocycles. The lowest BCUT2D eigenvalue weighted by Gasteiger charge is -2.22. The maximum absolute atomic E-state index is 13.8. The maximum atomic E-state index is 13.8. The lowest BCUT2D eigenvalue weighted by atomic mass is 9.99. The molecule has 13 nitrogen and oxygen atoms in total. The quantitative estimate of drug-likeness (QED) is 0.0660. The Bertz CT molecular complexity index is 2650. The Labute approximate surface area is 383 Å². The van der Waals surface area contributed by atoms with Gasteiger partial charge in [-0.05, 0) is 124 Å². The third-order valence-electron chi connectivity index (χ3n) is 10.4. The standard InChI is InChI=1S/C24H27F4NO5S.C21H22F3NO6S/c1-23(2,3)34-22(30)14-33-21-10-6-8-18-19(21)7-4-5-9-20(18)29-35(31,32)17-12-15(24(26,27)28)11-16(25)13-17;1-30-14-9-13(21(22,23)24)10-15(11-14)32(28,29)25-18-7-3-2-5-17-16(18)6-4-8-19(17)31-12-20(26)27/h6,8,10-13,20,29H,4-5,7,9,14H2,1-3H3;4,6,8-11,18,25H,2-3,5,7,12H2,1H3,(H,26,27). The van der Waals surface area contributed by atoms with Crippen molar-refractivity contribution in [3.8, 4) is 17.2 Å². The highest BCUT2D eigenvalue weighted by Crippen LogP contribution is 2.39. The van der Waals surface area contributed by atoms with Crippen LogP contribution in [0.1, 0.15) is 105 Å². The molecule has 4 aromatic carbocycles. The summed E-state index contributed by atoms with van der Waals surface area (Å²) in [7, 11) is -7.67. The summed E-state index contributed by atoms with van der Waals surface area (Å²) in [5.41, 5.74) is -0.648. The summed E-state index contributed by atoms with van der Waals surface area (Å²) < 4.78 is 171. The number of hydrogen-bond donors (Lipinski definition) is 3. The van der Waals surface area contributed by atoms with Crippen molar-refractivity contribution in [2.45, 2.75) is 112 Å². The zero-order valence-corrected chi connectivity index (χ0v) is 38.3. The highest BCUT2D eigenvalue weighted by molar-refractivity contribution is 7.89. The Kier molecular flexibility index (Phi) is 16.6. The minimum absolute atomic E-state index is 0.231. The Morgan fingerprint density at radius 3 is 1.58 bits per heavy atom. The van der Waals surface area contributed by atoms with E-state index in [9.17, 15) is 57.2 Å². The van der Waals surface area contributed by atoms with Crippen molar-refractivity contribution < 1.29 is 81.2 Å². The van der Waals surface area contributed by atoms with Gasteiger partial charge in [0.15, 0.2) is 13.2 Å². The fourth-order valence-electron chi connectivity index (χ4n) is 7.53. The zero-order valence-electron chi connectivity index (χ0n) is 36.6. The minimum Gasteiger partial charge on any atom is -0.497 e. The van der Waals surface area contributed by atoms with Crippen LogP contribution in [0, 0.1) is 5.82 Å². The van der Waals surface area contributed by atoms with Gasteiger partial charge >= 0.3 is 24.3 Å². The Hall–Kier alpha value is -5.45. The number of alkyl halides is 6. The van der Waals surface area contributed by atoms with Crippen molar-refractivity contribution in [2.75, 3.05) is 20.3 Å². The monoisotopic (exact) mass is 990 g/mol. The van der Waals surface area contributed by atoms with Crippen molar-refractivity contribution in [1.29, 1.82) is 0 Å². The molecule has 2 atom stereocenters. The second-order valence-corrected chi connectivity index (χ2v) is 20.0. The molecule has 22 heteroatoms. The van der Waals surface area contributed by atoms with Crippen molar-refractivity contribution in [3.05, 3.63) is 112 Å². The molecule has 0 saturated heterocycles. The normalized spacial score (nSPS) is 16.8. The van der Waals surface area contributed by atoms with E-state index in [2.05, 4.69) is 9.44 Å². The van der Waals surface area contributed by atoms with Crippen LogP contribution in [0.4, 0.5) is 30.7 Å². The van der Waals surface area contributed by atoms with Gasteiger partial charge in [-0.15, -0.1) is 0 Å². The topological polar surface area (TPSA) is 184 Å². The van der Waals surface area contributed by atoms with Gasteiger partial charge in [-0.3, -0.25) is 0 Å². The molecule has 2 aliphatic carbocycles. The first kappa shape index (κ1) is 52.5. The number of sulfonamides is 2. The van der Waals surface area contributed by atoms with Crippen LogP contribution >= 0.6 is 0 Å². The van der Waals surface area contributed by atoms with Crippen LogP contribution in [0.3, 0.4) is 0 Å². The van der Waals surface area contributed by atoms with E-state index < -0.39 is 95.4 Å². The summed E-state index contributed by atoms with van der Waals surface area (Å²) in [4.78, 5) is 21.5. The number of carboxylic acid groups (broad SMARTS) is 1. The summed E-state index contributed by atoms with van der Waals surface area (Å²) in [5, 5.41) is 8.88. The third-order valence-corrected chi connectivity index (χ3v) is 13.3. The maximum Gasteiger partial charge on any atom is 0.416 e. The minimum atomic E-state index is -4.90. The smallest absolute Gasteiger partial charge is 0.416 e. The molecule has 3 N–H and O–H groups in total. The van der Waals surface area contributed by atoms with E-state index in [1.807, 2.05) is 0 Å². The van der Waals surface area contributed by atoms with Crippen molar-refractivity contribution in [3.63, 3.8) is 0 Å². The number of methoxy groups -OCH3 is 1. The number of benzene rings is 4. The number of nitrogens with one attached hydrogen (secondary N) is 2. The van der Waals surface area contributed by atoms with E-state index in [-0.39, 0.29) is 18.4 Å². The largest absolute Gasteiger partial charge is 0.497 e. The predicted octanol–water partition coefficient (Wildman–Crippen LogP) is 9.23. The van der Waals surface area contributed by atoms with E-state index in [1.54, 1.807) is 57.2 Å².